The monoisotopic (exact) mass is 428 g/mol. The molecule has 0 radical (unpaired) electrons. The highest BCUT2D eigenvalue weighted by molar-refractivity contribution is 5.81. The van der Waals surface area contributed by atoms with Crippen LogP contribution in [0.5, 0.6) is 5.75 Å². The number of fused-ring (bicyclic) bond motifs is 1. The molecule has 1 N–H and O–H groups in total. The molecule has 1 aliphatic rings. The molecule has 0 bridgehead atoms. The van der Waals surface area contributed by atoms with E-state index in [9.17, 15) is 0 Å². The summed E-state index contributed by atoms with van der Waals surface area (Å²) in [6.45, 7) is 4.86. The fraction of sp³-hybridized carbons (Fsp3) is 0.308. The van der Waals surface area contributed by atoms with Crippen LogP contribution < -0.4 is 4.74 Å². The van der Waals surface area contributed by atoms with E-state index in [0.717, 1.165) is 56.2 Å². The van der Waals surface area contributed by atoms with Gasteiger partial charge in [-0.05, 0) is 53.8 Å². The largest absolute Gasteiger partial charge is 0.487 e. The molecular weight excluding hydrogens is 400 g/mol. The van der Waals surface area contributed by atoms with Gasteiger partial charge in [-0.25, -0.2) is 0 Å². The number of hydrogen-bond acceptors (Lipinski definition) is 5. The molecule has 0 amide bonds. The van der Waals surface area contributed by atoms with E-state index in [0.29, 0.717) is 12.5 Å². The van der Waals surface area contributed by atoms with E-state index in [-0.39, 0.29) is 0 Å². The van der Waals surface area contributed by atoms with E-state index in [1.807, 2.05) is 30.5 Å². The third kappa shape index (κ3) is 5.15. The van der Waals surface area contributed by atoms with Crippen LogP contribution in [0.1, 0.15) is 16.8 Å². The van der Waals surface area contributed by atoms with Gasteiger partial charge in [0, 0.05) is 31.2 Å². The van der Waals surface area contributed by atoms with Crippen molar-refractivity contribution in [2.45, 2.75) is 19.6 Å². The standard InChI is InChI=1S/C26H28N4O2/c1-2-10-27-23(7-1)19-32-24-8-3-5-20(14-24)16-30-11-12-31-18-21(17-30)13-22-6-4-9-26-25(22)15-28-29-26/h1-10,14-15,21H,11-13,16-19H2,(H,28,29)/t21-/m0/s1. The topological polar surface area (TPSA) is 63.3 Å². The minimum absolute atomic E-state index is 0.446. The summed E-state index contributed by atoms with van der Waals surface area (Å²) in [4.78, 5) is 6.82. The number of H-pyrrole nitrogens is 1. The zero-order chi connectivity index (χ0) is 21.6. The molecule has 6 nitrogen and oxygen atoms in total. The Bertz CT molecular complexity index is 1140. The van der Waals surface area contributed by atoms with Crippen molar-refractivity contribution in [2.24, 2.45) is 5.92 Å². The van der Waals surface area contributed by atoms with Gasteiger partial charge in [-0.15, -0.1) is 0 Å². The predicted molar refractivity (Wildman–Crippen MR) is 124 cm³/mol. The minimum atomic E-state index is 0.446. The lowest BCUT2D eigenvalue weighted by atomic mass is 9.97. The molecule has 3 heterocycles. The quantitative estimate of drug-likeness (QED) is 0.477. The summed E-state index contributed by atoms with van der Waals surface area (Å²) in [5.41, 5.74) is 4.60. The number of ether oxygens (including phenoxy) is 2. The lowest BCUT2D eigenvalue weighted by Crippen LogP contribution is -2.30. The summed E-state index contributed by atoms with van der Waals surface area (Å²) in [6.07, 6.45) is 4.71. The van der Waals surface area contributed by atoms with Gasteiger partial charge in [0.2, 0.25) is 0 Å². The predicted octanol–water partition coefficient (Wildman–Crippen LogP) is 4.23. The van der Waals surface area contributed by atoms with Crippen LogP contribution in [0.25, 0.3) is 10.9 Å². The van der Waals surface area contributed by atoms with Crippen LogP contribution in [0, 0.1) is 5.92 Å². The molecule has 0 unspecified atom stereocenters. The van der Waals surface area contributed by atoms with E-state index in [1.54, 1.807) is 6.20 Å². The van der Waals surface area contributed by atoms with Gasteiger partial charge < -0.3 is 9.47 Å². The Morgan fingerprint density at radius 2 is 2.06 bits per heavy atom. The summed E-state index contributed by atoms with van der Waals surface area (Å²) >= 11 is 0. The Morgan fingerprint density at radius 1 is 1.09 bits per heavy atom. The molecule has 2 aromatic carbocycles. The van der Waals surface area contributed by atoms with Crippen molar-refractivity contribution in [2.75, 3.05) is 26.3 Å². The van der Waals surface area contributed by atoms with Gasteiger partial charge in [0.25, 0.3) is 0 Å². The van der Waals surface area contributed by atoms with Crippen LogP contribution in [0.2, 0.25) is 0 Å². The van der Waals surface area contributed by atoms with Crippen molar-refractivity contribution >= 4 is 10.9 Å². The van der Waals surface area contributed by atoms with Crippen LogP contribution in [0.15, 0.2) is 73.1 Å². The molecule has 4 aromatic rings. The van der Waals surface area contributed by atoms with Crippen molar-refractivity contribution in [1.82, 2.24) is 20.1 Å². The molecule has 2 aromatic heterocycles. The SMILES string of the molecule is c1ccc(COc2cccc(CN3CCOC[C@@H](Cc4cccc5[nH]ncc45)C3)c2)nc1. The van der Waals surface area contributed by atoms with Crippen LogP contribution in [0.3, 0.4) is 0 Å². The van der Waals surface area contributed by atoms with E-state index in [1.165, 1.54) is 16.5 Å². The number of nitrogens with one attached hydrogen (secondary N) is 1. The summed E-state index contributed by atoms with van der Waals surface area (Å²) in [5.74, 6) is 1.32. The smallest absolute Gasteiger partial charge is 0.130 e. The molecule has 1 atom stereocenters. The maximum absolute atomic E-state index is 5.97. The van der Waals surface area contributed by atoms with Crippen LogP contribution in [-0.2, 0) is 24.3 Å². The second kappa shape index (κ2) is 9.94. The van der Waals surface area contributed by atoms with Crippen molar-refractivity contribution in [3.63, 3.8) is 0 Å². The van der Waals surface area contributed by atoms with Crippen LogP contribution >= 0.6 is 0 Å². The number of aromatic amines is 1. The molecule has 1 fully saturated rings. The van der Waals surface area contributed by atoms with Gasteiger partial charge in [0.05, 0.1) is 30.6 Å². The highest BCUT2D eigenvalue weighted by Gasteiger charge is 2.20. The average molecular weight is 429 g/mol. The highest BCUT2D eigenvalue weighted by atomic mass is 16.5. The molecular formula is C26H28N4O2. The maximum atomic E-state index is 5.97. The van der Waals surface area contributed by atoms with E-state index in [2.05, 4.69) is 56.5 Å². The van der Waals surface area contributed by atoms with E-state index >= 15 is 0 Å². The zero-order valence-electron chi connectivity index (χ0n) is 18.1. The van der Waals surface area contributed by atoms with Crippen molar-refractivity contribution in [1.29, 1.82) is 0 Å². The highest BCUT2D eigenvalue weighted by Crippen LogP contribution is 2.23. The van der Waals surface area contributed by atoms with Gasteiger partial charge in [-0.3, -0.25) is 15.0 Å². The molecule has 0 saturated carbocycles. The third-order valence-electron chi connectivity index (χ3n) is 5.92. The molecule has 1 saturated heterocycles. The molecule has 6 heteroatoms. The van der Waals surface area contributed by atoms with Crippen molar-refractivity contribution < 1.29 is 9.47 Å². The molecule has 0 spiro atoms. The number of pyridine rings is 1. The fourth-order valence-electron chi connectivity index (χ4n) is 4.37. The fourth-order valence-corrected chi connectivity index (χ4v) is 4.37. The lowest BCUT2D eigenvalue weighted by molar-refractivity contribution is 0.122. The molecule has 164 valence electrons. The Balaban J connectivity index is 1.22. The number of rotatable bonds is 7. The second-order valence-electron chi connectivity index (χ2n) is 8.39. The van der Waals surface area contributed by atoms with Gasteiger partial charge in [0.1, 0.15) is 12.4 Å². The summed E-state index contributed by atoms with van der Waals surface area (Å²) < 4.78 is 11.9. The summed E-state index contributed by atoms with van der Waals surface area (Å²) in [5, 5.41) is 8.48. The Labute approximate surface area is 188 Å². The Kier molecular flexibility index (Phi) is 6.42. The first-order valence-corrected chi connectivity index (χ1v) is 11.2. The number of nitrogens with zero attached hydrogens (tertiary/aromatic N) is 3. The molecule has 0 aliphatic carbocycles. The van der Waals surface area contributed by atoms with Gasteiger partial charge in [-0.2, -0.15) is 5.10 Å². The summed E-state index contributed by atoms with van der Waals surface area (Å²) in [6, 6.07) is 20.6. The van der Waals surface area contributed by atoms with Gasteiger partial charge in [0.15, 0.2) is 0 Å². The number of benzene rings is 2. The molecule has 32 heavy (non-hydrogen) atoms. The van der Waals surface area contributed by atoms with Crippen LogP contribution in [-0.4, -0.2) is 46.4 Å². The van der Waals surface area contributed by atoms with Crippen molar-refractivity contribution in [3.8, 4) is 5.75 Å². The average Bonchev–Trinajstić information content (AvgIpc) is 3.21. The first kappa shape index (κ1) is 20.7. The second-order valence-corrected chi connectivity index (χ2v) is 8.39. The number of hydrogen-bond donors (Lipinski definition) is 1. The van der Waals surface area contributed by atoms with E-state index in [4.69, 9.17) is 9.47 Å². The maximum Gasteiger partial charge on any atom is 0.130 e. The first-order valence-electron chi connectivity index (χ1n) is 11.2. The Hall–Kier alpha value is -3.22. The number of aromatic nitrogens is 3. The third-order valence-corrected chi connectivity index (χ3v) is 5.92. The lowest BCUT2D eigenvalue weighted by Gasteiger charge is -2.24. The minimum Gasteiger partial charge on any atom is -0.487 e. The van der Waals surface area contributed by atoms with E-state index < -0.39 is 0 Å². The first-order chi connectivity index (χ1) is 15.8. The van der Waals surface area contributed by atoms with Gasteiger partial charge in [-0.1, -0.05) is 30.3 Å². The normalized spacial score (nSPS) is 17.3. The molecule has 1 aliphatic heterocycles. The zero-order valence-corrected chi connectivity index (χ0v) is 18.1. The Morgan fingerprint density at radius 3 is 3.00 bits per heavy atom. The van der Waals surface area contributed by atoms with Gasteiger partial charge >= 0.3 is 0 Å². The summed E-state index contributed by atoms with van der Waals surface area (Å²) in [7, 11) is 0. The van der Waals surface area contributed by atoms with Crippen LogP contribution in [0.4, 0.5) is 0 Å². The molecule has 5 rings (SSSR count). The van der Waals surface area contributed by atoms with Crippen molar-refractivity contribution in [3.05, 3.63) is 89.9 Å².